The molecule has 0 heterocycles. The summed E-state index contributed by atoms with van der Waals surface area (Å²) in [5, 5.41) is 60.6. The fourth-order valence-electron chi connectivity index (χ4n) is 7.43. The van der Waals surface area contributed by atoms with Crippen molar-refractivity contribution in [2.45, 2.75) is 153 Å². The molecule has 0 fully saturated rings. The van der Waals surface area contributed by atoms with E-state index in [-0.39, 0.29) is 37.8 Å². The minimum Gasteiger partial charge on any atom is -0.481 e. The highest BCUT2D eigenvalue weighted by molar-refractivity contribution is 5.97. The second kappa shape index (κ2) is 45.8. The molecule has 0 saturated carbocycles. The Bertz CT molecular complexity index is 2270. The summed E-state index contributed by atoms with van der Waals surface area (Å²) in [6.07, 6.45) is 13.0. The highest BCUT2D eigenvalue weighted by atomic mass is 16.4. The summed E-state index contributed by atoms with van der Waals surface area (Å²) in [4.78, 5) is 190. The molecule has 0 aliphatic carbocycles. The van der Waals surface area contributed by atoms with E-state index < -0.39 is 179 Å². The van der Waals surface area contributed by atoms with Crippen LogP contribution in [0.5, 0.6) is 0 Å². The van der Waals surface area contributed by atoms with E-state index in [4.69, 9.17) is 16.6 Å². The highest BCUT2D eigenvalue weighted by Crippen LogP contribution is 2.13. The lowest BCUT2D eigenvalue weighted by atomic mass is 10.0. The van der Waals surface area contributed by atoms with Crippen molar-refractivity contribution in [3.63, 3.8) is 0 Å². The zero-order chi connectivity index (χ0) is 64.1. The van der Waals surface area contributed by atoms with Gasteiger partial charge in [-0.2, -0.15) is 0 Å². The van der Waals surface area contributed by atoms with Crippen molar-refractivity contribution in [2.24, 2.45) is 16.5 Å². The normalized spacial score (nSPS) is 11.9. The Morgan fingerprint density at radius 1 is 0.424 bits per heavy atom. The van der Waals surface area contributed by atoms with Gasteiger partial charge in [0.15, 0.2) is 5.96 Å². The van der Waals surface area contributed by atoms with Crippen LogP contribution in [-0.2, 0) is 71.9 Å². The van der Waals surface area contributed by atoms with Gasteiger partial charge in [-0.05, 0) is 25.7 Å². The third kappa shape index (κ3) is 41.0. The Labute approximate surface area is 491 Å². The fraction of sp³-hybridized carbons (Fsp3) is 0.686. The van der Waals surface area contributed by atoms with Gasteiger partial charge in [-0.1, -0.05) is 84.0 Å². The molecule has 34 heteroatoms. The van der Waals surface area contributed by atoms with Crippen LogP contribution in [0.4, 0.5) is 0 Å². The Balaban J connectivity index is 4.90. The van der Waals surface area contributed by atoms with Gasteiger partial charge in [-0.15, -0.1) is 0 Å². The highest BCUT2D eigenvalue weighted by Gasteiger charge is 2.30. The number of carboxylic acids is 3. The largest absolute Gasteiger partial charge is 0.481 e. The topological polar surface area (TPSA) is 537 Å². The number of carbonyl (C=O) groups excluding carboxylic acids is 12. The molecule has 0 aromatic rings. The first kappa shape index (κ1) is 76.3. The van der Waals surface area contributed by atoms with Gasteiger partial charge in [0.05, 0.1) is 65.4 Å². The number of carboxylic acid groups (broad SMARTS) is 3. The number of guanidine groups is 1. The molecule has 0 radical (unpaired) electrons. The maximum Gasteiger partial charge on any atom is 0.328 e. The second-order valence-corrected chi connectivity index (χ2v) is 19.5. The number of nitrogens with zero attached hydrogens (tertiary/aromatic N) is 2. The van der Waals surface area contributed by atoms with E-state index in [0.717, 1.165) is 19.3 Å². The van der Waals surface area contributed by atoms with Crippen molar-refractivity contribution < 1.29 is 92.3 Å². The first-order valence-corrected chi connectivity index (χ1v) is 27.9. The number of aliphatic imine (C=N–C) groups is 1. The molecule has 0 rings (SSSR count). The van der Waals surface area contributed by atoms with Gasteiger partial charge in [-0.25, -0.2) is 4.79 Å². The average Bonchev–Trinajstić information content (AvgIpc) is 3.60. The molecule has 12 amide bonds. The molecule has 0 aliphatic rings. The molecule has 34 nitrogen and oxygen atoms in total. The predicted octanol–water partition coefficient (Wildman–Crippen LogP) is -5.85. The Kier molecular flexibility index (Phi) is 41.1. The molecule has 19 N–H and O–H groups in total. The minimum atomic E-state index is -1.88. The number of carbonyl (C=O) groups is 15. The molecule has 0 aromatic carbocycles. The molecule has 4 atom stereocenters. The van der Waals surface area contributed by atoms with Crippen molar-refractivity contribution >= 4 is 94.8 Å². The van der Waals surface area contributed by atoms with E-state index in [9.17, 15) is 87.2 Å². The molecule has 0 aliphatic heterocycles. The quantitative estimate of drug-likeness (QED) is 0.0153. The van der Waals surface area contributed by atoms with Gasteiger partial charge in [-0.3, -0.25) is 72.1 Å². The molecule has 0 spiro atoms. The lowest BCUT2D eigenvalue weighted by Crippen LogP contribution is -2.56. The Morgan fingerprint density at radius 3 is 1.24 bits per heavy atom. The Hall–Kier alpha value is -8.72. The molecule has 0 bridgehead atoms. The van der Waals surface area contributed by atoms with Crippen LogP contribution in [0.3, 0.4) is 0 Å². The summed E-state index contributed by atoms with van der Waals surface area (Å²) < 4.78 is 0. The number of nitrogens with one attached hydrogen (secondary N) is 11. The van der Waals surface area contributed by atoms with Crippen molar-refractivity contribution in [2.75, 3.05) is 72.6 Å². The number of aliphatic carboxylic acids is 3. The van der Waals surface area contributed by atoms with E-state index >= 15 is 0 Å². The van der Waals surface area contributed by atoms with Crippen molar-refractivity contribution in [3.05, 3.63) is 0 Å². The van der Waals surface area contributed by atoms with E-state index in [1.54, 1.807) is 0 Å². The average molecular weight is 1210 g/mol. The summed E-state index contributed by atoms with van der Waals surface area (Å²) in [5.41, 5.74) is 10.7. The van der Waals surface area contributed by atoms with Crippen LogP contribution < -0.4 is 70.0 Å². The van der Waals surface area contributed by atoms with Gasteiger partial charge in [0.1, 0.15) is 24.2 Å². The van der Waals surface area contributed by atoms with Crippen LogP contribution in [0.1, 0.15) is 129 Å². The molecule has 85 heavy (non-hydrogen) atoms. The van der Waals surface area contributed by atoms with E-state index in [2.05, 4.69) is 59.8 Å². The lowest BCUT2D eigenvalue weighted by Gasteiger charge is -2.23. The first-order chi connectivity index (χ1) is 40.3. The zero-order valence-corrected chi connectivity index (χ0v) is 48.3. The number of nitrogens with two attached hydrogens (primary N) is 2. The minimum absolute atomic E-state index is 0.0108. The number of unbranched alkanes of at least 4 members (excludes halogenated alkanes) is 12. The number of rotatable bonds is 48. The second-order valence-electron chi connectivity index (χ2n) is 19.5. The van der Waals surface area contributed by atoms with E-state index in [1.165, 1.54) is 69.7 Å². The van der Waals surface area contributed by atoms with Crippen LogP contribution in [0.2, 0.25) is 0 Å². The number of hydrogen-bond donors (Lipinski definition) is 17. The number of hydrogen-bond acceptors (Lipinski definition) is 17. The van der Waals surface area contributed by atoms with Crippen molar-refractivity contribution in [1.82, 2.24) is 63.4 Å². The summed E-state index contributed by atoms with van der Waals surface area (Å²) in [6, 6.07) is -6.93. The SMILES string of the molecule is CCCCCCCCCCCCCCCC(=O)N(C)CC(=O)NCC(=O)NCC(=O)NCC(=O)NCC(=O)NCC(=O)NCC(=O)N[C@@H](CCC(=O)O)C(=O)N[C@@H](CCCN=C(N)N)C(=O)NCC(=O)N[C@@H](CC(=O)O)C(=O)N[C@@H](CO)C(=O)O. The summed E-state index contributed by atoms with van der Waals surface area (Å²) in [7, 11) is 1.49. The summed E-state index contributed by atoms with van der Waals surface area (Å²) >= 11 is 0. The van der Waals surface area contributed by atoms with Gasteiger partial charge in [0.25, 0.3) is 0 Å². The lowest BCUT2D eigenvalue weighted by molar-refractivity contribution is -0.144. The van der Waals surface area contributed by atoms with Crippen LogP contribution >= 0.6 is 0 Å². The monoisotopic (exact) mass is 1210 g/mol. The summed E-state index contributed by atoms with van der Waals surface area (Å²) in [5.74, 6) is -15.7. The number of likely N-dealkylation sites (N-methyl/N-ethyl adjacent to an activating group) is 1. The van der Waals surface area contributed by atoms with Gasteiger partial charge in [0.2, 0.25) is 70.9 Å². The van der Waals surface area contributed by atoms with Gasteiger partial charge in [0, 0.05) is 26.4 Å². The van der Waals surface area contributed by atoms with Crippen LogP contribution in [0.15, 0.2) is 4.99 Å². The first-order valence-electron chi connectivity index (χ1n) is 27.9. The van der Waals surface area contributed by atoms with Crippen molar-refractivity contribution in [1.29, 1.82) is 0 Å². The van der Waals surface area contributed by atoms with E-state index in [0.29, 0.717) is 12.8 Å². The van der Waals surface area contributed by atoms with Gasteiger partial charge >= 0.3 is 17.9 Å². The van der Waals surface area contributed by atoms with E-state index in [1.807, 2.05) is 10.6 Å². The standard InChI is InChI=1S/C51H87N15O19/c1-3-4-5-6-7-8-9-10-11-12-13-14-15-18-44(76)66(2)30-43(75)60-27-40(72)58-25-38(70)56-23-36(68)55-24-37(69)57-26-39(71)59-28-41(73)62-33(19-20-45(77)78)48(82)64-32(17-16-21-54-51(52)53)47(81)61-29-42(74)63-34(22-46(79)80)49(83)65-35(31-67)50(84)85/h32-35,67H,3-31H2,1-2H3,(H,55,68)(H,56,70)(H,57,69)(H,58,72)(H,59,71)(H,60,75)(H,61,81)(H,62,73)(H,63,74)(H,64,82)(H,65,83)(H,77,78)(H,79,80)(H,84,85)(H4,52,53,54)/t32-,33-,34-,35-/m0/s1. The fourth-order valence-corrected chi connectivity index (χ4v) is 7.43. The molecular formula is C51H87N15O19. The maximum atomic E-state index is 13.4. The number of amides is 12. The Morgan fingerprint density at radius 2 is 0.812 bits per heavy atom. The molecule has 0 unspecified atom stereocenters. The molecule has 480 valence electrons. The zero-order valence-electron chi connectivity index (χ0n) is 48.3. The third-order valence-electron chi connectivity index (χ3n) is 12.1. The van der Waals surface area contributed by atoms with Crippen LogP contribution in [-0.4, -0.2) is 217 Å². The predicted molar refractivity (Wildman–Crippen MR) is 300 cm³/mol. The maximum absolute atomic E-state index is 13.4. The van der Waals surface area contributed by atoms with Crippen molar-refractivity contribution in [3.8, 4) is 0 Å². The van der Waals surface area contributed by atoms with Crippen LogP contribution in [0.25, 0.3) is 0 Å². The molecule has 0 aromatic heterocycles. The summed E-state index contributed by atoms with van der Waals surface area (Å²) in [6.45, 7) is -4.07. The number of aliphatic hydroxyl groups excluding tert-OH is 1. The third-order valence-corrected chi connectivity index (χ3v) is 12.1. The number of aliphatic hydroxyl groups is 1. The smallest absolute Gasteiger partial charge is 0.328 e. The van der Waals surface area contributed by atoms with Crippen LogP contribution in [0, 0.1) is 0 Å². The molecular weight excluding hydrogens is 1130 g/mol. The van der Waals surface area contributed by atoms with Gasteiger partial charge < -0.3 is 95.3 Å². The molecule has 0 saturated heterocycles.